The Bertz CT molecular complexity index is 405. The van der Waals surface area contributed by atoms with E-state index in [4.69, 9.17) is 10.9 Å². The van der Waals surface area contributed by atoms with E-state index in [1.54, 1.807) is 12.3 Å². The van der Waals surface area contributed by atoms with E-state index in [0.29, 0.717) is 12.1 Å². The topological polar surface area (TPSA) is 87.7 Å². The zero-order valence-corrected chi connectivity index (χ0v) is 11.6. The largest absolute Gasteiger partial charge is 0.409 e. The maximum absolute atomic E-state index is 11.6. The molecule has 0 aromatic carbocycles. The summed E-state index contributed by atoms with van der Waals surface area (Å²) in [6, 6.07) is 1.81. The summed E-state index contributed by atoms with van der Waals surface area (Å²) >= 11 is 3.67. The van der Waals surface area contributed by atoms with Gasteiger partial charge in [0.2, 0.25) is 0 Å². The number of thiophene rings is 1. The molecule has 0 bridgehead atoms. The Labute approximate surface area is 111 Å². The van der Waals surface area contributed by atoms with Crippen LogP contribution in [-0.4, -0.2) is 23.5 Å². The lowest BCUT2D eigenvalue weighted by molar-refractivity contribution is 0.0951. The molecule has 1 aromatic rings. The van der Waals surface area contributed by atoms with Crippen LogP contribution in [0.3, 0.4) is 0 Å². The second-order valence-electron chi connectivity index (χ2n) is 3.28. The highest BCUT2D eigenvalue weighted by atomic mass is 127. The van der Waals surface area contributed by atoms with Crippen LogP contribution in [0.5, 0.6) is 0 Å². The number of rotatable bonds is 4. The summed E-state index contributed by atoms with van der Waals surface area (Å²) in [7, 11) is 0. The SMILES string of the molecule is CC(CNC(=O)c1csc(I)c1)C(N)=NO. The van der Waals surface area contributed by atoms with E-state index in [1.807, 2.05) is 6.07 Å². The summed E-state index contributed by atoms with van der Waals surface area (Å²) in [4.78, 5) is 11.6. The molecule has 1 heterocycles. The minimum Gasteiger partial charge on any atom is -0.409 e. The van der Waals surface area contributed by atoms with Gasteiger partial charge in [-0.25, -0.2) is 0 Å². The molecule has 0 saturated carbocycles. The maximum Gasteiger partial charge on any atom is 0.252 e. The molecule has 0 radical (unpaired) electrons. The minimum atomic E-state index is -0.188. The van der Waals surface area contributed by atoms with Crippen LogP contribution in [-0.2, 0) is 0 Å². The molecule has 5 nitrogen and oxygen atoms in total. The molecule has 0 aliphatic heterocycles. The molecule has 0 aliphatic carbocycles. The van der Waals surface area contributed by atoms with Crippen LogP contribution >= 0.6 is 33.9 Å². The zero-order valence-electron chi connectivity index (χ0n) is 8.61. The van der Waals surface area contributed by atoms with Gasteiger partial charge in [-0.3, -0.25) is 4.79 Å². The summed E-state index contributed by atoms with van der Waals surface area (Å²) in [5.41, 5.74) is 6.03. The first-order chi connectivity index (χ1) is 7.54. The average molecular weight is 353 g/mol. The fourth-order valence-corrected chi connectivity index (χ4v) is 2.31. The number of carbonyl (C=O) groups is 1. The van der Waals surface area contributed by atoms with E-state index in [0.717, 1.165) is 2.88 Å². The quantitative estimate of drug-likeness (QED) is 0.252. The second kappa shape index (κ2) is 6.04. The normalized spacial score (nSPS) is 13.5. The Morgan fingerprint density at radius 1 is 1.81 bits per heavy atom. The van der Waals surface area contributed by atoms with Gasteiger partial charge in [-0.15, -0.1) is 11.3 Å². The Balaban J connectivity index is 2.47. The molecule has 4 N–H and O–H groups in total. The maximum atomic E-state index is 11.6. The molecule has 1 rings (SSSR count). The number of amidine groups is 1. The van der Waals surface area contributed by atoms with E-state index < -0.39 is 0 Å². The summed E-state index contributed by atoms with van der Waals surface area (Å²) in [5, 5.41) is 15.8. The lowest BCUT2D eigenvalue weighted by atomic mass is 10.1. The third-order valence-corrected chi connectivity index (χ3v) is 3.81. The number of hydrogen-bond donors (Lipinski definition) is 3. The van der Waals surface area contributed by atoms with Gasteiger partial charge in [-0.2, -0.15) is 0 Å². The van der Waals surface area contributed by atoms with Crippen molar-refractivity contribution >= 4 is 45.7 Å². The lowest BCUT2D eigenvalue weighted by Gasteiger charge is -2.10. The molecule has 1 atom stereocenters. The lowest BCUT2D eigenvalue weighted by Crippen LogP contribution is -2.34. The fourth-order valence-electron chi connectivity index (χ4n) is 0.980. The smallest absolute Gasteiger partial charge is 0.252 e. The van der Waals surface area contributed by atoms with Crippen LogP contribution in [0.4, 0.5) is 0 Å². The Kier molecular flexibility index (Phi) is 5.00. The first-order valence-electron chi connectivity index (χ1n) is 4.54. The summed E-state index contributed by atoms with van der Waals surface area (Å²) in [6.45, 7) is 2.12. The highest BCUT2D eigenvalue weighted by molar-refractivity contribution is 14.1. The highest BCUT2D eigenvalue weighted by Gasteiger charge is 2.11. The number of amides is 1. The van der Waals surface area contributed by atoms with E-state index >= 15 is 0 Å². The zero-order chi connectivity index (χ0) is 12.1. The van der Waals surface area contributed by atoms with Gasteiger partial charge in [0.05, 0.1) is 8.45 Å². The molecule has 0 spiro atoms. The van der Waals surface area contributed by atoms with Crippen molar-refractivity contribution in [3.8, 4) is 0 Å². The molecule has 1 aromatic heterocycles. The molecule has 1 amide bonds. The van der Waals surface area contributed by atoms with Crippen LogP contribution in [0.2, 0.25) is 0 Å². The number of nitrogens with zero attached hydrogens (tertiary/aromatic N) is 1. The molecular formula is C9H12IN3O2S. The van der Waals surface area contributed by atoms with Crippen molar-refractivity contribution in [2.45, 2.75) is 6.92 Å². The minimum absolute atomic E-state index is 0.111. The van der Waals surface area contributed by atoms with Crippen LogP contribution < -0.4 is 11.1 Å². The summed E-state index contributed by atoms with van der Waals surface area (Å²) < 4.78 is 1.06. The van der Waals surface area contributed by atoms with Crippen LogP contribution in [0.15, 0.2) is 16.6 Å². The van der Waals surface area contributed by atoms with Crippen molar-refractivity contribution in [3.63, 3.8) is 0 Å². The molecule has 7 heteroatoms. The van der Waals surface area contributed by atoms with Crippen molar-refractivity contribution in [1.82, 2.24) is 5.32 Å². The fraction of sp³-hybridized carbons (Fsp3) is 0.333. The molecule has 0 fully saturated rings. The van der Waals surface area contributed by atoms with Crippen molar-refractivity contribution < 1.29 is 10.0 Å². The summed E-state index contributed by atoms with van der Waals surface area (Å²) in [6.07, 6.45) is 0. The monoisotopic (exact) mass is 353 g/mol. The van der Waals surface area contributed by atoms with Crippen molar-refractivity contribution in [2.75, 3.05) is 6.54 Å². The van der Waals surface area contributed by atoms with E-state index in [9.17, 15) is 4.79 Å². The van der Waals surface area contributed by atoms with Crippen molar-refractivity contribution in [3.05, 3.63) is 19.9 Å². The first-order valence-corrected chi connectivity index (χ1v) is 6.50. The van der Waals surface area contributed by atoms with Gasteiger partial charge in [-0.05, 0) is 28.7 Å². The highest BCUT2D eigenvalue weighted by Crippen LogP contribution is 2.16. The van der Waals surface area contributed by atoms with E-state index in [2.05, 4.69) is 33.1 Å². The molecule has 1 unspecified atom stereocenters. The van der Waals surface area contributed by atoms with Gasteiger partial charge in [0.1, 0.15) is 5.84 Å². The number of oxime groups is 1. The molecule has 0 aliphatic rings. The molecule has 88 valence electrons. The van der Waals surface area contributed by atoms with Gasteiger partial charge >= 0.3 is 0 Å². The molecular weight excluding hydrogens is 341 g/mol. The third kappa shape index (κ3) is 3.63. The number of hydrogen-bond acceptors (Lipinski definition) is 4. The van der Waals surface area contributed by atoms with Gasteiger partial charge < -0.3 is 16.3 Å². The molecule has 16 heavy (non-hydrogen) atoms. The van der Waals surface area contributed by atoms with Gasteiger partial charge in [0.15, 0.2) is 0 Å². The van der Waals surface area contributed by atoms with Crippen LogP contribution in [0.25, 0.3) is 0 Å². The van der Waals surface area contributed by atoms with E-state index in [-0.39, 0.29) is 17.7 Å². The summed E-state index contributed by atoms with van der Waals surface area (Å²) in [5.74, 6) is -0.219. The van der Waals surface area contributed by atoms with Crippen LogP contribution in [0, 0.1) is 8.80 Å². The van der Waals surface area contributed by atoms with Gasteiger partial charge in [0, 0.05) is 17.8 Å². The predicted molar refractivity (Wildman–Crippen MR) is 71.9 cm³/mol. The number of carbonyl (C=O) groups excluding carboxylic acids is 1. The first kappa shape index (κ1) is 13.2. The van der Waals surface area contributed by atoms with Gasteiger partial charge in [0.25, 0.3) is 5.91 Å². The Morgan fingerprint density at radius 2 is 2.50 bits per heavy atom. The predicted octanol–water partition coefficient (Wildman–Crippen LogP) is 1.47. The van der Waals surface area contributed by atoms with Crippen molar-refractivity contribution in [1.29, 1.82) is 0 Å². The molecule has 0 saturated heterocycles. The Morgan fingerprint density at radius 3 is 3.00 bits per heavy atom. The number of nitrogens with one attached hydrogen (secondary N) is 1. The van der Waals surface area contributed by atoms with Crippen LogP contribution in [0.1, 0.15) is 17.3 Å². The van der Waals surface area contributed by atoms with Crippen molar-refractivity contribution in [2.24, 2.45) is 16.8 Å². The standard InChI is InChI=1S/C9H12IN3O2S/c1-5(8(11)13-15)3-12-9(14)6-2-7(10)16-4-6/h2,4-5,15H,3H2,1H3,(H2,11,13)(H,12,14). The number of nitrogens with two attached hydrogens (primary N) is 1. The van der Waals surface area contributed by atoms with Gasteiger partial charge in [-0.1, -0.05) is 12.1 Å². The van der Waals surface area contributed by atoms with E-state index in [1.165, 1.54) is 11.3 Å². The third-order valence-electron chi connectivity index (χ3n) is 2.02. The number of halogens is 1. The average Bonchev–Trinajstić information content (AvgIpc) is 2.71. The Hall–Kier alpha value is -0.830. The second-order valence-corrected chi connectivity index (χ2v) is 6.08.